The van der Waals surface area contributed by atoms with Gasteiger partial charge in [-0.05, 0) is 84.0 Å². The van der Waals surface area contributed by atoms with Crippen molar-refractivity contribution < 1.29 is 46.8 Å². The molecule has 4 aromatic rings. The molecule has 1 aliphatic rings. The number of hydrogen-bond acceptors (Lipinski definition) is 8. The summed E-state index contributed by atoms with van der Waals surface area (Å²) in [5.74, 6) is -1.59. The minimum Gasteiger partial charge on any atom is -0.550 e. The van der Waals surface area contributed by atoms with Gasteiger partial charge in [-0.2, -0.15) is 0 Å². The number of benzene rings is 4. The number of hydrogen-bond donors (Lipinski definition) is 2. The van der Waals surface area contributed by atoms with Gasteiger partial charge < -0.3 is 30.0 Å². The van der Waals surface area contributed by atoms with E-state index in [2.05, 4.69) is 77.9 Å². The first-order valence-corrected chi connectivity index (χ1v) is 17.7. The topological polar surface area (TPSA) is 145 Å². The van der Waals surface area contributed by atoms with Gasteiger partial charge in [-0.3, -0.25) is 9.98 Å². The van der Waals surface area contributed by atoms with Crippen molar-refractivity contribution in [2.45, 2.75) is 104 Å². The van der Waals surface area contributed by atoms with Gasteiger partial charge >= 0.3 is 16.8 Å². The molecule has 1 saturated carbocycles. The molecule has 0 spiro atoms. The van der Waals surface area contributed by atoms with E-state index in [-0.39, 0.29) is 51.2 Å². The Bertz CT molecular complexity index is 1710. The van der Waals surface area contributed by atoms with E-state index >= 15 is 0 Å². The number of carbonyl (C=O) groups is 2. The average Bonchev–Trinajstić information content (AvgIpc) is 3.07. The summed E-state index contributed by atoms with van der Waals surface area (Å²) in [7, 11) is 0. The first-order valence-electron chi connectivity index (χ1n) is 17.7. The van der Waals surface area contributed by atoms with Crippen LogP contribution in [-0.2, 0) is 37.2 Å². The van der Waals surface area contributed by atoms with E-state index in [0.717, 1.165) is 84.0 Å². The Hall–Kier alpha value is -4.73. The van der Waals surface area contributed by atoms with Gasteiger partial charge in [0.1, 0.15) is 11.5 Å². The summed E-state index contributed by atoms with van der Waals surface area (Å²) in [5, 5.41) is 40.5. The standard InChI is InChI=1S/C40H46N2O2.2C2H4O2.Co/c1-39(2,3)33-23-29(27-15-9-7-10-16-27)21-31(37(33)43)25-41-35-19-13-14-20-36(35)42-26-32-22-30(28-17-11-8-12-18-28)24-34(38(32)44)40(4,5)6;2*1-2(3)4;/h7-12,15-18,21-26,35-36,43-44H,13-14,19-20H2,1-6H3;2*1H3,(H,3,4);/q;;;+2/p-2. The van der Waals surface area contributed by atoms with Crippen LogP contribution >= 0.6 is 0 Å². The van der Waals surface area contributed by atoms with Crippen LogP contribution in [0.5, 0.6) is 11.5 Å². The first-order chi connectivity index (χ1) is 24.4. The summed E-state index contributed by atoms with van der Waals surface area (Å²) < 4.78 is 0. The SMILES string of the molecule is CC(=O)[O-].CC(=O)[O-].CC(C)(C)c1cc(-c2ccccc2)cc(C=NC2CCCCC2N=Cc2cc(-c3ccccc3)cc(C(C)(C)C)c2O)c1O.[Co+2]. The van der Waals surface area contributed by atoms with Crippen LogP contribution in [0.15, 0.2) is 94.9 Å². The van der Waals surface area contributed by atoms with E-state index in [1.807, 2.05) is 61.0 Å². The van der Waals surface area contributed by atoms with Gasteiger partial charge in [-0.1, -0.05) is 115 Å². The van der Waals surface area contributed by atoms with Crippen LogP contribution in [-0.4, -0.2) is 46.7 Å². The van der Waals surface area contributed by atoms with Crippen molar-refractivity contribution in [3.63, 3.8) is 0 Å². The third-order valence-corrected chi connectivity index (χ3v) is 8.61. The predicted molar refractivity (Wildman–Crippen MR) is 207 cm³/mol. The van der Waals surface area contributed by atoms with Gasteiger partial charge in [0.2, 0.25) is 0 Å². The van der Waals surface area contributed by atoms with Crippen LogP contribution in [0.3, 0.4) is 0 Å². The summed E-state index contributed by atoms with van der Waals surface area (Å²) >= 11 is 0. The number of aliphatic imine (C=N–C) groups is 2. The van der Waals surface area contributed by atoms with Crippen LogP contribution in [0, 0.1) is 0 Å². The van der Waals surface area contributed by atoms with E-state index in [9.17, 15) is 10.2 Å². The molecule has 1 fully saturated rings. The first kappa shape index (κ1) is 44.4. The Labute approximate surface area is 325 Å². The van der Waals surface area contributed by atoms with E-state index < -0.39 is 11.9 Å². The summed E-state index contributed by atoms with van der Waals surface area (Å²) in [4.78, 5) is 27.9. The number of aliphatic carboxylic acids is 2. The molecule has 2 N–H and O–H groups in total. The molecule has 0 aromatic heterocycles. The molecule has 1 aliphatic carbocycles. The zero-order valence-corrected chi connectivity index (χ0v) is 33.0. The summed E-state index contributed by atoms with van der Waals surface area (Å²) in [6, 6.07) is 28.8. The van der Waals surface area contributed by atoms with Crippen LogP contribution < -0.4 is 10.2 Å². The molecule has 0 bridgehead atoms. The van der Waals surface area contributed by atoms with Crippen molar-refractivity contribution in [2.24, 2.45) is 9.98 Å². The maximum absolute atomic E-state index is 11.3. The number of phenolic OH excluding ortho intramolecular Hbond substituents is 2. The Morgan fingerprint density at radius 3 is 1.19 bits per heavy atom. The fourth-order valence-corrected chi connectivity index (χ4v) is 6.04. The smallest absolute Gasteiger partial charge is 0.550 e. The second kappa shape index (κ2) is 19.9. The number of phenols is 2. The van der Waals surface area contributed by atoms with Crippen LogP contribution in [0.1, 0.15) is 103 Å². The molecule has 4 aromatic carbocycles. The molecule has 0 amide bonds. The minimum absolute atomic E-state index is 0. The number of nitrogens with zero attached hydrogens (tertiary/aromatic N) is 2. The largest absolute Gasteiger partial charge is 2.00 e. The number of carboxylic acids is 2. The summed E-state index contributed by atoms with van der Waals surface area (Å²) in [6.07, 6.45) is 7.77. The molecular formula is C44H52CoN2O6. The number of rotatable bonds is 6. The molecule has 0 saturated heterocycles. The normalized spacial score (nSPS) is 15.8. The van der Waals surface area contributed by atoms with Crippen molar-refractivity contribution >= 4 is 24.4 Å². The second-order valence-corrected chi connectivity index (χ2v) is 15.1. The Balaban J connectivity index is 0.000000982. The third-order valence-electron chi connectivity index (χ3n) is 8.61. The maximum Gasteiger partial charge on any atom is 2.00 e. The molecule has 1 radical (unpaired) electrons. The van der Waals surface area contributed by atoms with Gasteiger partial charge in [-0.25, -0.2) is 0 Å². The molecule has 0 aliphatic heterocycles. The number of carbonyl (C=O) groups excluding carboxylic acids is 2. The molecule has 5 rings (SSSR count). The molecular weight excluding hydrogens is 711 g/mol. The molecule has 2 unspecified atom stereocenters. The predicted octanol–water partition coefficient (Wildman–Crippen LogP) is 7.39. The Kier molecular flexibility index (Phi) is 16.7. The van der Waals surface area contributed by atoms with Crippen molar-refractivity contribution in [3.8, 4) is 33.8 Å². The Morgan fingerprint density at radius 2 is 0.906 bits per heavy atom. The van der Waals surface area contributed by atoms with E-state index in [4.69, 9.17) is 29.8 Å². The van der Waals surface area contributed by atoms with Crippen LogP contribution in [0.4, 0.5) is 0 Å². The Morgan fingerprint density at radius 1 is 0.604 bits per heavy atom. The van der Waals surface area contributed by atoms with E-state index in [1.54, 1.807) is 0 Å². The van der Waals surface area contributed by atoms with Gasteiger partial charge in [-0.15, -0.1) is 0 Å². The molecule has 283 valence electrons. The monoisotopic (exact) mass is 763 g/mol. The minimum atomic E-state index is -1.08. The van der Waals surface area contributed by atoms with E-state index in [0.29, 0.717) is 0 Å². The zero-order chi connectivity index (χ0) is 38.6. The van der Waals surface area contributed by atoms with Crippen molar-refractivity contribution in [1.29, 1.82) is 0 Å². The quantitative estimate of drug-likeness (QED) is 0.196. The van der Waals surface area contributed by atoms with Crippen molar-refractivity contribution in [3.05, 3.63) is 107 Å². The fraction of sp³-hybridized carbons (Fsp3) is 0.364. The van der Waals surface area contributed by atoms with Gasteiger partial charge in [0.15, 0.2) is 0 Å². The van der Waals surface area contributed by atoms with Crippen molar-refractivity contribution in [1.82, 2.24) is 0 Å². The van der Waals surface area contributed by atoms with E-state index in [1.165, 1.54) is 0 Å². The average molecular weight is 764 g/mol. The van der Waals surface area contributed by atoms with Gasteiger partial charge in [0, 0.05) is 46.6 Å². The third kappa shape index (κ3) is 13.6. The molecule has 53 heavy (non-hydrogen) atoms. The molecule has 0 heterocycles. The summed E-state index contributed by atoms with van der Waals surface area (Å²) in [6.45, 7) is 14.7. The van der Waals surface area contributed by atoms with Gasteiger partial charge in [0.05, 0.1) is 12.1 Å². The van der Waals surface area contributed by atoms with Crippen molar-refractivity contribution in [2.75, 3.05) is 0 Å². The number of carboxylic acid groups (broad SMARTS) is 2. The molecule has 9 heteroatoms. The second-order valence-electron chi connectivity index (χ2n) is 15.1. The van der Waals surface area contributed by atoms with Crippen LogP contribution in [0.25, 0.3) is 22.3 Å². The molecule has 2 atom stereocenters. The maximum atomic E-state index is 11.3. The van der Waals surface area contributed by atoms with Gasteiger partial charge in [0.25, 0.3) is 0 Å². The fourth-order valence-electron chi connectivity index (χ4n) is 6.04. The zero-order valence-electron chi connectivity index (χ0n) is 32.0. The number of aromatic hydroxyl groups is 2. The summed E-state index contributed by atoms with van der Waals surface area (Å²) in [5.41, 5.74) is 7.17. The molecule has 8 nitrogen and oxygen atoms in total. The van der Waals surface area contributed by atoms with Crippen LogP contribution in [0.2, 0.25) is 0 Å².